The summed E-state index contributed by atoms with van der Waals surface area (Å²) in [5.74, 6) is -2.81. The van der Waals surface area contributed by atoms with Crippen molar-refractivity contribution in [3.8, 4) is 0 Å². The summed E-state index contributed by atoms with van der Waals surface area (Å²) < 4.78 is 0. The first-order valence-corrected chi connectivity index (χ1v) is 3.39. The number of hydrogen-bond acceptors (Lipinski definition) is 2. The zero-order valence-corrected chi connectivity index (χ0v) is 6.57. The molecule has 0 amide bonds. The molecule has 2 atom stereocenters. The number of rotatable bonds is 4. The van der Waals surface area contributed by atoms with Crippen LogP contribution in [-0.4, -0.2) is 22.2 Å². The molecule has 4 nitrogen and oxygen atoms in total. The lowest BCUT2D eigenvalue weighted by Crippen LogP contribution is -2.20. The highest BCUT2D eigenvalue weighted by Gasteiger charge is 2.21. The van der Waals surface area contributed by atoms with E-state index in [1.165, 1.54) is 6.92 Å². The molecular weight excluding hydrogens is 148 g/mol. The van der Waals surface area contributed by atoms with E-state index in [1.807, 2.05) is 0 Å². The van der Waals surface area contributed by atoms with Crippen molar-refractivity contribution in [3.05, 3.63) is 0 Å². The second-order valence-corrected chi connectivity index (χ2v) is 2.70. The van der Waals surface area contributed by atoms with Crippen LogP contribution in [0.25, 0.3) is 0 Å². The van der Waals surface area contributed by atoms with Crippen LogP contribution in [0.2, 0.25) is 0 Å². The Labute approximate surface area is 64.8 Å². The first-order valence-electron chi connectivity index (χ1n) is 3.39. The molecule has 0 unspecified atom stereocenters. The minimum atomic E-state index is -0.953. The average molecular weight is 160 g/mol. The Bertz CT molecular complexity index is 164. The Morgan fingerprint density at radius 2 is 1.73 bits per heavy atom. The Morgan fingerprint density at radius 3 is 2.00 bits per heavy atom. The van der Waals surface area contributed by atoms with E-state index in [9.17, 15) is 9.59 Å². The van der Waals surface area contributed by atoms with E-state index in [0.717, 1.165) is 0 Å². The highest BCUT2D eigenvalue weighted by Crippen LogP contribution is 2.14. The SMILES string of the molecule is C[C@H](CC(=O)O)[C@@H](C)C(=O)O. The fraction of sp³-hybridized carbons (Fsp3) is 0.714. The van der Waals surface area contributed by atoms with Gasteiger partial charge in [-0.15, -0.1) is 0 Å². The van der Waals surface area contributed by atoms with Gasteiger partial charge in [0.15, 0.2) is 0 Å². The van der Waals surface area contributed by atoms with Gasteiger partial charge in [-0.2, -0.15) is 0 Å². The largest absolute Gasteiger partial charge is 0.481 e. The fourth-order valence-corrected chi connectivity index (χ4v) is 0.696. The lowest BCUT2D eigenvalue weighted by molar-refractivity contribution is -0.144. The van der Waals surface area contributed by atoms with Gasteiger partial charge in [0.2, 0.25) is 0 Å². The van der Waals surface area contributed by atoms with Crippen molar-refractivity contribution in [2.75, 3.05) is 0 Å². The van der Waals surface area contributed by atoms with E-state index in [1.54, 1.807) is 6.92 Å². The normalized spacial score (nSPS) is 15.5. The van der Waals surface area contributed by atoms with Gasteiger partial charge in [0, 0.05) is 6.42 Å². The van der Waals surface area contributed by atoms with E-state index in [0.29, 0.717) is 0 Å². The number of aliphatic carboxylic acids is 2. The topological polar surface area (TPSA) is 74.6 Å². The van der Waals surface area contributed by atoms with Crippen LogP contribution in [0, 0.1) is 11.8 Å². The summed E-state index contributed by atoms with van der Waals surface area (Å²) in [5.41, 5.74) is 0. The van der Waals surface area contributed by atoms with Gasteiger partial charge in [0.05, 0.1) is 5.92 Å². The Kier molecular flexibility index (Phi) is 3.57. The molecule has 0 saturated carbocycles. The zero-order chi connectivity index (χ0) is 9.02. The zero-order valence-electron chi connectivity index (χ0n) is 6.57. The van der Waals surface area contributed by atoms with Gasteiger partial charge in [0.25, 0.3) is 0 Å². The van der Waals surface area contributed by atoms with Crippen molar-refractivity contribution in [3.63, 3.8) is 0 Å². The fourth-order valence-electron chi connectivity index (χ4n) is 0.696. The van der Waals surface area contributed by atoms with Crippen molar-refractivity contribution in [2.24, 2.45) is 11.8 Å². The predicted octanol–water partition coefficient (Wildman–Crippen LogP) is 0.818. The summed E-state index contributed by atoms with van der Waals surface area (Å²) in [4.78, 5) is 20.5. The molecule has 0 rings (SSSR count). The summed E-state index contributed by atoms with van der Waals surface area (Å²) in [6.07, 6.45) is -0.0898. The molecule has 0 radical (unpaired) electrons. The third-order valence-electron chi connectivity index (χ3n) is 1.74. The smallest absolute Gasteiger partial charge is 0.306 e. The van der Waals surface area contributed by atoms with Crippen LogP contribution in [0.15, 0.2) is 0 Å². The minimum Gasteiger partial charge on any atom is -0.481 e. The molecular formula is C7H12O4. The van der Waals surface area contributed by atoms with E-state index >= 15 is 0 Å². The molecule has 0 saturated heterocycles. The second-order valence-electron chi connectivity index (χ2n) is 2.70. The van der Waals surface area contributed by atoms with Crippen molar-refractivity contribution in [2.45, 2.75) is 20.3 Å². The Morgan fingerprint density at radius 1 is 1.27 bits per heavy atom. The van der Waals surface area contributed by atoms with Crippen LogP contribution >= 0.6 is 0 Å². The molecule has 4 heteroatoms. The molecule has 0 heterocycles. The van der Waals surface area contributed by atoms with Crippen molar-refractivity contribution in [1.82, 2.24) is 0 Å². The lowest BCUT2D eigenvalue weighted by Gasteiger charge is -2.12. The third kappa shape index (κ3) is 3.60. The van der Waals surface area contributed by atoms with Gasteiger partial charge in [-0.05, 0) is 5.92 Å². The molecule has 0 aliphatic heterocycles. The molecule has 0 aromatic heterocycles. The third-order valence-corrected chi connectivity index (χ3v) is 1.74. The van der Waals surface area contributed by atoms with Crippen molar-refractivity contribution >= 4 is 11.9 Å². The summed E-state index contributed by atoms with van der Waals surface area (Å²) in [6, 6.07) is 0. The molecule has 0 aliphatic carbocycles. The van der Waals surface area contributed by atoms with Crippen LogP contribution in [0.4, 0.5) is 0 Å². The van der Waals surface area contributed by atoms with Gasteiger partial charge >= 0.3 is 11.9 Å². The molecule has 0 spiro atoms. The number of carbonyl (C=O) groups is 2. The quantitative estimate of drug-likeness (QED) is 0.638. The van der Waals surface area contributed by atoms with Crippen LogP contribution in [0.5, 0.6) is 0 Å². The monoisotopic (exact) mass is 160 g/mol. The maximum Gasteiger partial charge on any atom is 0.306 e. The first kappa shape index (κ1) is 9.94. The van der Waals surface area contributed by atoms with Crippen molar-refractivity contribution in [1.29, 1.82) is 0 Å². The van der Waals surface area contributed by atoms with Gasteiger partial charge in [-0.1, -0.05) is 13.8 Å². The summed E-state index contributed by atoms with van der Waals surface area (Å²) in [7, 11) is 0. The first-order chi connectivity index (χ1) is 4.95. The van der Waals surface area contributed by atoms with Gasteiger partial charge < -0.3 is 10.2 Å². The molecule has 0 aliphatic rings. The standard InChI is InChI=1S/C7H12O4/c1-4(3-6(8)9)5(2)7(10)11/h4-5H,3H2,1-2H3,(H,8,9)(H,10,11)/t4-,5-/m1/s1. The molecule has 0 bridgehead atoms. The average Bonchev–Trinajstić information content (AvgIpc) is 1.84. The maximum atomic E-state index is 10.3. The van der Waals surface area contributed by atoms with E-state index in [-0.39, 0.29) is 12.3 Å². The van der Waals surface area contributed by atoms with Gasteiger partial charge in [0.1, 0.15) is 0 Å². The van der Waals surface area contributed by atoms with Crippen molar-refractivity contribution < 1.29 is 19.8 Å². The van der Waals surface area contributed by atoms with Crippen LogP contribution in [0.1, 0.15) is 20.3 Å². The van der Waals surface area contributed by atoms with E-state index in [2.05, 4.69) is 0 Å². The molecule has 0 aromatic carbocycles. The Balaban J connectivity index is 3.92. The number of hydrogen-bond donors (Lipinski definition) is 2. The highest BCUT2D eigenvalue weighted by molar-refractivity contribution is 5.72. The molecule has 0 fully saturated rings. The maximum absolute atomic E-state index is 10.3. The molecule has 11 heavy (non-hydrogen) atoms. The lowest BCUT2D eigenvalue weighted by atomic mass is 9.93. The van der Waals surface area contributed by atoms with E-state index in [4.69, 9.17) is 10.2 Å². The molecule has 64 valence electrons. The van der Waals surface area contributed by atoms with Gasteiger partial charge in [-0.3, -0.25) is 9.59 Å². The highest BCUT2D eigenvalue weighted by atomic mass is 16.4. The summed E-state index contributed by atoms with van der Waals surface area (Å²) in [5, 5.41) is 16.8. The minimum absolute atomic E-state index is 0.0898. The second kappa shape index (κ2) is 3.95. The molecule has 2 N–H and O–H groups in total. The van der Waals surface area contributed by atoms with Crippen LogP contribution < -0.4 is 0 Å². The Hall–Kier alpha value is -1.06. The predicted molar refractivity (Wildman–Crippen MR) is 38.2 cm³/mol. The molecule has 0 aromatic rings. The van der Waals surface area contributed by atoms with Crippen LogP contribution in [0.3, 0.4) is 0 Å². The number of carboxylic acid groups (broad SMARTS) is 2. The summed E-state index contributed by atoms with van der Waals surface area (Å²) in [6.45, 7) is 3.13. The number of carboxylic acids is 2. The summed E-state index contributed by atoms with van der Waals surface area (Å²) >= 11 is 0. The van der Waals surface area contributed by atoms with Gasteiger partial charge in [-0.25, -0.2) is 0 Å². The van der Waals surface area contributed by atoms with Crippen LogP contribution in [-0.2, 0) is 9.59 Å². The van der Waals surface area contributed by atoms with E-state index < -0.39 is 17.9 Å².